The van der Waals surface area contributed by atoms with E-state index in [2.05, 4.69) is 5.32 Å². The van der Waals surface area contributed by atoms with Crippen LogP contribution >= 0.6 is 0 Å². The van der Waals surface area contributed by atoms with Gasteiger partial charge in [0.2, 0.25) is 0 Å². The van der Waals surface area contributed by atoms with E-state index in [9.17, 15) is 8.78 Å². The van der Waals surface area contributed by atoms with Crippen LogP contribution in [0.4, 0.5) is 8.78 Å². The second-order valence-electron chi connectivity index (χ2n) is 4.63. The van der Waals surface area contributed by atoms with E-state index in [-0.39, 0.29) is 0 Å². The van der Waals surface area contributed by atoms with Crippen molar-refractivity contribution >= 4 is 0 Å². The Bertz CT molecular complexity index is 517. The Hall–Kier alpha value is -1.78. The molecule has 0 radical (unpaired) electrons. The minimum Gasteiger partial charge on any atom is -0.390 e. The highest BCUT2D eigenvalue weighted by Gasteiger charge is 2.39. The van der Waals surface area contributed by atoms with Crippen LogP contribution in [0.1, 0.15) is 17.2 Å². The lowest BCUT2D eigenvalue weighted by atomic mass is 10.0. The van der Waals surface area contributed by atoms with Crippen molar-refractivity contribution in [3.05, 3.63) is 71.8 Å². The maximum absolute atomic E-state index is 13.9. The van der Waals surface area contributed by atoms with Gasteiger partial charge in [-0.1, -0.05) is 60.7 Å². The number of hydrogen-bond acceptors (Lipinski definition) is 2. The number of aliphatic hydroxyl groups is 1. The zero-order chi connectivity index (χ0) is 14.4. The first kappa shape index (κ1) is 14.6. The third kappa shape index (κ3) is 3.62. The molecule has 0 aliphatic carbocycles. The molecule has 0 spiro atoms. The van der Waals surface area contributed by atoms with Crippen molar-refractivity contribution in [1.82, 2.24) is 5.32 Å². The molecule has 0 amide bonds. The molecular formula is C16H17F2NO. The minimum absolute atomic E-state index is 0.315. The average Bonchev–Trinajstić information content (AvgIpc) is 2.49. The van der Waals surface area contributed by atoms with Crippen LogP contribution in [0, 0.1) is 0 Å². The molecule has 0 saturated heterocycles. The lowest BCUT2D eigenvalue weighted by Gasteiger charge is -2.27. The van der Waals surface area contributed by atoms with Gasteiger partial charge in [0.25, 0.3) is 5.92 Å². The number of halogens is 2. The van der Waals surface area contributed by atoms with Crippen molar-refractivity contribution in [2.75, 3.05) is 6.61 Å². The van der Waals surface area contributed by atoms with Gasteiger partial charge in [0.1, 0.15) is 6.61 Å². The molecule has 20 heavy (non-hydrogen) atoms. The van der Waals surface area contributed by atoms with E-state index in [1.807, 2.05) is 30.3 Å². The van der Waals surface area contributed by atoms with Crippen LogP contribution in [0.3, 0.4) is 0 Å². The molecule has 2 rings (SSSR count). The minimum atomic E-state index is -3.21. The highest BCUT2D eigenvalue weighted by atomic mass is 19.3. The first-order valence-corrected chi connectivity index (χ1v) is 6.44. The third-order valence-electron chi connectivity index (χ3n) is 3.12. The number of alkyl halides is 2. The zero-order valence-corrected chi connectivity index (χ0v) is 11.0. The smallest absolute Gasteiger partial charge is 0.289 e. The second-order valence-corrected chi connectivity index (χ2v) is 4.63. The summed E-state index contributed by atoms with van der Waals surface area (Å²) < 4.78 is 27.8. The fraction of sp³-hybridized carbons (Fsp3) is 0.250. The van der Waals surface area contributed by atoms with Gasteiger partial charge in [-0.15, -0.1) is 0 Å². The van der Waals surface area contributed by atoms with Gasteiger partial charge in [-0.2, -0.15) is 0 Å². The summed E-state index contributed by atoms with van der Waals surface area (Å²) in [6.07, 6.45) is 0. The van der Waals surface area contributed by atoms with Crippen LogP contribution in [0.25, 0.3) is 0 Å². The van der Waals surface area contributed by atoms with Crippen LogP contribution in [0.15, 0.2) is 60.7 Å². The fourth-order valence-electron chi connectivity index (χ4n) is 2.06. The van der Waals surface area contributed by atoms with Gasteiger partial charge in [0.15, 0.2) is 0 Å². The number of benzene rings is 2. The molecule has 0 saturated carbocycles. The Morgan fingerprint density at radius 3 is 2.05 bits per heavy atom. The van der Waals surface area contributed by atoms with Gasteiger partial charge in [-0.05, 0) is 11.1 Å². The molecule has 2 N–H and O–H groups in total. The van der Waals surface area contributed by atoms with Crippen molar-refractivity contribution in [2.45, 2.75) is 18.5 Å². The standard InChI is InChI=1S/C16H17F2NO/c17-16(18,12-20)15(14-9-5-2-6-10-14)19-11-13-7-3-1-4-8-13/h1-10,15,19-20H,11-12H2. The monoisotopic (exact) mass is 277 g/mol. The van der Waals surface area contributed by atoms with E-state index >= 15 is 0 Å². The van der Waals surface area contributed by atoms with Gasteiger partial charge in [0, 0.05) is 6.54 Å². The number of nitrogens with one attached hydrogen (secondary N) is 1. The largest absolute Gasteiger partial charge is 0.390 e. The van der Waals surface area contributed by atoms with Crippen LogP contribution in [-0.2, 0) is 6.54 Å². The topological polar surface area (TPSA) is 32.3 Å². The van der Waals surface area contributed by atoms with E-state index in [0.29, 0.717) is 12.1 Å². The third-order valence-corrected chi connectivity index (χ3v) is 3.12. The molecule has 0 aromatic heterocycles. The summed E-state index contributed by atoms with van der Waals surface area (Å²) in [6.45, 7) is -0.871. The van der Waals surface area contributed by atoms with Crippen molar-refractivity contribution in [3.63, 3.8) is 0 Å². The highest BCUT2D eigenvalue weighted by Crippen LogP contribution is 2.31. The Morgan fingerprint density at radius 1 is 0.950 bits per heavy atom. The maximum Gasteiger partial charge on any atom is 0.289 e. The van der Waals surface area contributed by atoms with Crippen molar-refractivity contribution in [2.24, 2.45) is 0 Å². The molecule has 0 heterocycles. The molecule has 1 unspecified atom stereocenters. The lowest BCUT2D eigenvalue weighted by Crippen LogP contribution is -2.39. The van der Waals surface area contributed by atoms with Crippen LogP contribution in [0.2, 0.25) is 0 Å². The number of hydrogen-bond donors (Lipinski definition) is 2. The summed E-state index contributed by atoms with van der Waals surface area (Å²) in [4.78, 5) is 0. The summed E-state index contributed by atoms with van der Waals surface area (Å²) in [6, 6.07) is 16.6. The first-order valence-electron chi connectivity index (χ1n) is 6.44. The fourth-order valence-corrected chi connectivity index (χ4v) is 2.06. The molecule has 0 bridgehead atoms. The highest BCUT2D eigenvalue weighted by molar-refractivity contribution is 5.22. The van der Waals surface area contributed by atoms with E-state index in [1.165, 1.54) is 0 Å². The molecule has 2 nitrogen and oxygen atoms in total. The van der Waals surface area contributed by atoms with Crippen molar-refractivity contribution in [3.8, 4) is 0 Å². The van der Waals surface area contributed by atoms with E-state index < -0.39 is 18.6 Å². The van der Waals surface area contributed by atoms with E-state index in [1.54, 1.807) is 30.3 Å². The molecule has 0 aliphatic heterocycles. The summed E-state index contributed by atoms with van der Waals surface area (Å²) in [7, 11) is 0. The van der Waals surface area contributed by atoms with Gasteiger partial charge in [0.05, 0.1) is 6.04 Å². The summed E-state index contributed by atoms with van der Waals surface area (Å²) in [5, 5.41) is 11.8. The normalized spacial score (nSPS) is 13.2. The Kier molecular flexibility index (Phi) is 4.82. The van der Waals surface area contributed by atoms with Crippen LogP contribution in [-0.4, -0.2) is 17.6 Å². The Balaban J connectivity index is 2.16. The predicted octanol–water partition coefficient (Wildman–Crippen LogP) is 3.15. The van der Waals surface area contributed by atoms with Crippen molar-refractivity contribution in [1.29, 1.82) is 0 Å². The van der Waals surface area contributed by atoms with E-state index in [0.717, 1.165) is 5.56 Å². The quantitative estimate of drug-likeness (QED) is 0.850. The maximum atomic E-state index is 13.9. The lowest BCUT2D eigenvalue weighted by molar-refractivity contribution is -0.0813. The second kappa shape index (κ2) is 6.59. The Labute approximate surface area is 117 Å². The molecule has 0 aliphatic rings. The number of aliphatic hydroxyl groups excluding tert-OH is 1. The predicted molar refractivity (Wildman–Crippen MR) is 74.5 cm³/mol. The molecular weight excluding hydrogens is 260 g/mol. The van der Waals surface area contributed by atoms with Crippen molar-refractivity contribution < 1.29 is 13.9 Å². The summed E-state index contributed by atoms with van der Waals surface area (Å²) in [5.74, 6) is -3.21. The van der Waals surface area contributed by atoms with Crippen LogP contribution in [0.5, 0.6) is 0 Å². The summed E-state index contributed by atoms with van der Waals surface area (Å²) in [5.41, 5.74) is 1.38. The first-order chi connectivity index (χ1) is 9.63. The SMILES string of the molecule is OCC(F)(F)C(NCc1ccccc1)c1ccccc1. The van der Waals surface area contributed by atoms with Crippen LogP contribution < -0.4 is 5.32 Å². The molecule has 2 aromatic rings. The van der Waals surface area contributed by atoms with E-state index in [4.69, 9.17) is 5.11 Å². The average molecular weight is 277 g/mol. The number of rotatable bonds is 6. The van der Waals surface area contributed by atoms with Gasteiger partial charge < -0.3 is 10.4 Å². The summed E-state index contributed by atoms with van der Waals surface area (Å²) >= 11 is 0. The van der Waals surface area contributed by atoms with Gasteiger partial charge in [-0.3, -0.25) is 0 Å². The van der Waals surface area contributed by atoms with Gasteiger partial charge in [-0.25, -0.2) is 8.78 Å². The molecule has 106 valence electrons. The Morgan fingerprint density at radius 2 is 1.50 bits per heavy atom. The molecule has 4 heteroatoms. The molecule has 1 atom stereocenters. The molecule has 2 aromatic carbocycles. The van der Waals surface area contributed by atoms with Gasteiger partial charge >= 0.3 is 0 Å². The molecule has 0 fully saturated rings. The zero-order valence-electron chi connectivity index (χ0n) is 11.0.